The van der Waals surface area contributed by atoms with Gasteiger partial charge in [-0.2, -0.15) is 0 Å². The van der Waals surface area contributed by atoms with Crippen molar-refractivity contribution in [3.05, 3.63) is 41.5 Å². The number of benzene rings is 2. The summed E-state index contributed by atoms with van der Waals surface area (Å²) in [5.74, 6) is -1.36. The molecule has 0 unspecified atom stereocenters. The van der Waals surface area contributed by atoms with Crippen molar-refractivity contribution in [2.75, 3.05) is 0 Å². The molecule has 0 aromatic heterocycles. The molecule has 0 atom stereocenters. The van der Waals surface area contributed by atoms with E-state index in [0.29, 0.717) is 0 Å². The Morgan fingerprint density at radius 3 is 2.53 bits per heavy atom. The lowest BCUT2D eigenvalue weighted by Gasteiger charge is -2.04. The highest BCUT2D eigenvalue weighted by Crippen LogP contribution is 2.26. The van der Waals surface area contributed by atoms with E-state index in [1.165, 1.54) is 25.1 Å². The van der Waals surface area contributed by atoms with Crippen LogP contribution in [0.2, 0.25) is 0 Å². The number of rotatable bonds is 1. The Labute approximate surface area is 84.0 Å². The van der Waals surface area contributed by atoms with Gasteiger partial charge in [0.2, 0.25) is 0 Å². The van der Waals surface area contributed by atoms with Crippen LogP contribution in [0.4, 0.5) is 13.3 Å². The first kappa shape index (κ1) is 9.83. The molecule has 1 nitrogen and oxygen atoms in total. The van der Waals surface area contributed by atoms with Gasteiger partial charge < -0.3 is 0 Å². The SMILES string of the molecule is Cc1c(F)cc2cc(OF)ccc2c1F. The number of halogens is 3. The van der Waals surface area contributed by atoms with Gasteiger partial charge >= 0.3 is 0 Å². The molecule has 4 heteroatoms. The molecule has 0 aliphatic heterocycles. The molecule has 15 heavy (non-hydrogen) atoms. The Balaban J connectivity index is 2.80. The standard InChI is InChI=1S/C11H7F3O/c1-6-10(12)5-7-4-8(15-14)2-3-9(7)11(6)13/h2-5H,1H3. The zero-order chi connectivity index (χ0) is 11.0. The van der Waals surface area contributed by atoms with E-state index < -0.39 is 11.6 Å². The maximum Gasteiger partial charge on any atom is 0.172 e. The second-order valence-corrected chi connectivity index (χ2v) is 3.26. The van der Waals surface area contributed by atoms with Crippen molar-refractivity contribution in [1.29, 1.82) is 0 Å². The molecule has 2 aromatic rings. The molecule has 0 amide bonds. The molecule has 78 valence electrons. The van der Waals surface area contributed by atoms with E-state index in [2.05, 4.69) is 4.94 Å². The number of hydrogen-bond acceptors (Lipinski definition) is 1. The van der Waals surface area contributed by atoms with Crippen LogP contribution < -0.4 is 4.94 Å². The minimum Gasteiger partial charge on any atom is -0.294 e. The summed E-state index contributed by atoms with van der Waals surface area (Å²) in [5, 5.41) is 0.514. The third kappa shape index (κ3) is 1.52. The molecule has 0 heterocycles. The zero-order valence-corrected chi connectivity index (χ0v) is 7.85. The van der Waals surface area contributed by atoms with Gasteiger partial charge in [-0.1, -0.05) is 0 Å². The molecular weight excluding hydrogens is 205 g/mol. The van der Waals surface area contributed by atoms with E-state index in [0.717, 1.165) is 6.07 Å². The molecule has 0 fully saturated rings. The molecule has 0 radical (unpaired) electrons. The second kappa shape index (κ2) is 3.46. The summed E-state index contributed by atoms with van der Waals surface area (Å²) < 4.78 is 38.5. The van der Waals surface area contributed by atoms with E-state index >= 15 is 0 Å². The molecule has 0 saturated carbocycles. The monoisotopic (exact) mass is 212 g/mol. The van der Waals surface area contributed by atoms with Gasteiger partial charge in [-0.05, 0) is 36.6 Å². The van der Waals surface area contributed by atoms with Crippen molar-refractivity contribution < 1.29 is 18.2 Å². The van der Waals surface area contributed by atoms with Crippen LogP contribution in [0.5, 0.6) is 5.75 Å². The molecule has 0 spiro atoms. The molecule has 0 bridgehead atoms. The fourth-order valence-electron chi connectivity index (χ4n) is 1.46. The summed E-state index contributed by atoms with van der Waals surface area (Å²) >= 11 is 0. The first-order valence-electron chi connectivity index (χ1n) is 4.30. The lowest BCUT2D eigenvalue weighted by molar-refractivity contribution is -0.00603. The fourth-order valence-corrected chi connectivity index (χ4v) is 1.46. The van der Waals surface area contributed by atoms with E-state index in [9.17, 15) is 13.3 Å². The molecule has 0 saturated heterocycles. The third-order valence-corrected chi connectivity index (χ3v) is 2.32. The maximum absolute atomic E-state index is 13.5. The van der Waals surface area contributed by atoms with Crippen LogP contribution in [0.1, 0.15) is 5.56 Å². The Morgan fingerprint density at radius 2 is 1.87 bits per heavy atom. The van der Waals surface area contributed by atoms with Crippen molar-refractivity contribution in [3.63, 3.8) is 0 Å². The average Bonchev–Trinajstić information content (AvgIpc) is 2.25. The normalized spacial score (nSPS) is 10.7. The first-order valence-corrected chi connectivity index (χ1v) is 4.30. The van der Waals surface area contributed by atoms with Gasteiger partial charge in [0.25, 0.3) is 0 Å². The van der Waals surface area contributed by atoms with Gasteiger partial charge in [-0.3, -0.25) is 4.94 Å². The summed E-state index contributed by atoms with van der Waals surface area (Å²) in [6.07, 6.45) is 0. The van der Waals surface area contributed by atoms with Crippen LogP contribution in [0, 0.1) is 18.6 Å². The molecule has 0 N–H and O–H groups in total. The number of hydrogen-bond donors (Lipinski definition) is 0. The number of fused-ring (bicyclic) bond motifs is 1. The minimum absolute atomic E-state index is 0.0450. The van der Waals surface area contributed by atoms with E-state index in [1.807, 2.05) is 0 Å². The topological polar surface area (TPSA) is 9.23 Å². The average molecular weight is 212 g/mol. The van der Waals surface area contributed by atoms with Gasteiger partial charge in [-0.25, -0.2) is 8.78 Å². The van der Waals surface area contributed by atoms with Crippen LogP contribution in [0.25, 0.3) is 10.8 Å². The van der Waals surface area contributed by atoms with E-state index in [-0.39, 0.29) is 22.1 Å². The van der Waals surface area contributed by atoms with Gasteiger partial charge in [0.15, 0.2) is 5.75 Å². The van der Waals surface area contributed by atoms with Gasteiger partial charge in [0.05, 0.1) is 0 Å². The Morgan fingerprint density at radius 1 is 1.13 bits per heavy atom. The largest absolute Gasteiger partial charge is 0.294 e. The predicted octanol–water partition coefficient (Wildman–Crippen LogP) is 3.69. The minimum atomic E-state index is -0.656. The molecule has 2 aromatic carbocycles. The van der Waals surface area contributed by atoms with Crippen LogP contribution in [0.3, 0.4) is 0 Å². The Bertz CT molecular complexity index is 523. The van der Waals surface area contributed by atoms with Crippen molar-refractivity contribution in [1.82, 2.24) is 0 Å². The van der Waals surface area contributed by atoms with Crippen LogP contribution >= 0.6 is 0 Å². The predicted molar refractivity (Wildman–Crippen MR) is 50.3 cm³/mol. The highest BCUT2D eigenvalue weighted by molar-refractivity contribution is 5.85. The summed E-state index contributed by atoms with van der Waals surface area (Å²) in [6.45, 7) is 1.35. The fraction of sp³-hybridized carbons (Fsp3) is 0.0909. The van der Waals surface area contributed by atoms with Gasteiger partial charge in [-0.15, -0.1) is 0 Å². The zero-order valence-electron chi connectivity index (χ0n) is 7.85. The quantitative estimate of drug-likeness (QED) is 0.700. The van der Waals surface area contributed by atoms with Gasteiger partial charge in [0, 0.05) is 15.5 Å². The lowest BCUT2D eigenvalue weighted by Crippen LogP contribution is -1.91. The van der Waals surface area contributed by atoms with Crippen molar-refractivity contribution in [2.24, 2.45) is 0 Å². The maximum atomic E-state index is 13.5. The molecule has 2 rings (SSSR count). The van der Waals surface area contributed by atoms with Crippen LogP contribution in [-0.4, -0.2) is 0 Å². The molecule has 0 aliphatic carbocycles. The highest BCUT2D eigenvalue weighted by atomic mass is 19.3. The second-order valence-electron chi connectivity index (χ2n) is 3.26. The first-order chi connectivity index (χ1) is 7.13. The Kier molecular flexibility index (Phi) is 2.26. The van der Waals surface area contributed by atoms with E-state index in [4.69, 9.17) is 0 Å². The van der Waals surface area contributed by atoms with E-state index in [1.54, 1.807) is 0 Å². The van der Waals surface area contributed by atoms with Crippen LogP contribution in [0.15, 0.2) is 24.3 Å². The van der Waals surface area contributed by atoms with Crippen molar-refractivity contribution in [2.45, 2.75) is 6.92 Å². The summed E-state index contributed by atoms with van der Waals surface area (Å²) in [7, 11) is 0. The lowest BCUT2D eigenvalue weighted by atomic mass is 10.1. The van der Waals surface area contributed by atoms with Crippen LogP contribution in [-0.2, 0) is 0 Å². The van der Waals surface area contributed by atoms with Crippen molar-refractivity contribution >= 4 is 10.8 Å². The summed E-state index contributed by atoms with van der Waals surface area (Å²) in [4.78, 5) is 3.49. The third-order valence-electron chi connectivity index (χ3n) is 2.32. The van der Waals surface area contributed by atoms with Crippen molar-refractivity contribution in [3.8, 4) is 5.75 Å². The molecule has 0 aliphatic rings. The smallest absolute Gasteiger partial charge is 0.172 e. The summed E-state index contributed by atoms with van der Waals surface area (Å²) in [6, 6.07) is 5.02. The highest BCUT2D eigenvalue weighted by Gasteiger charge is 2.10. The Hall–Kier alpha value is -1.71. The summed E-state index contributed by atoms with van der Waals surface area (Å²) in [5.41, 5.74) is -0.0450. The van der Waals surface area contributed by atoms with Gasteiger partial charge in [0.1, 0.15) is 11.6 Å². The molecular formula is C11H7F3O.